The van der Waals surface area contributed by atoms with Gasteiger partial charge in [-0.1, -0.05) is 13.0 Å². The van der Waals surface area contributed by atoms with E-state index < -0.39 is 0 Å². The Labute approximate surface area is 150 Å². The molecule has 3 N–H and O–H groups in total. The number of nitrogens with one attached hydrogen (secondary N) is 3. The Balaban J connectivity index is 1.90. The van der Waals surface area contributed by atoms with E-state index in [1.807, 2.05) is 19.9 Å². The highest BCUT2D eigenvalue weighted by Gasteiger charge is 2.19. The summed E-state index contributed by atoms with van der Waals surface area (Å²) in [5.41, 5.74) is 2.09. The van der Waals surface area contributed by atoms with Crippen molar-refractivity contribution >= 4 is 17.6 Å². The number of amides is 3. The topological polar surface area (TPSA) is 73.5 Å². The van der Waals surface area contributed by atoms with Crippen LogP contribution in [0.1, 0.15) is 42.6 Å². The van der Waals surface area contributed by atoms with Gasteiger partial charge in [-0.15, -0.1) is 0 Å². The lowest BCUT2D eigenvalue weighted by Crippen LogP contribution is -2.46. The lowest BCUT2D eigenvalue weighted by atomic mass is 10.00. The molecule has 1 aromatic rings. The van der Waals surface area contributed by atoms with Gasteiger partial charge in [0, 0.05) is 37.4 Å². The molecule has 6 heteroatoms. The standard InChI is InChI=1S/C19H30N4O2/c1-13-6-5-9-23(11-13)12-15(3)21-19(25)22-17-10-16(18(24)20-4)8-7-14(17)2/h7-8,10,13,15H,5-6,9,11-12H2,1-4H3,(H,20,24)(H2,21,22,25)/t13-,15+/m0/s1. The molecule has 2 rings (SSSR count). The van der Waals surface area contributed by atoms with E-state index in [0.717, 1.165) is 31.1 Å². The Kier molecular flexibility index (Phi) is 6.82. The highest BCUT2D eigenvalue weighted by Crippen LogP contribution is 2.17. The first-order valence-corrected chi connectivity index (χ1v) is 9.01. The summed E-state index contributed by atoms with van der Waals surface area (Å²) in [5.74, 6) is 0.556. The maximum Gasteiger partial charge on any atom is 0.319 e. The monoisotopic (exact) mass is 346 g/mol. The number of likely N-dealkylation sites (tertiary alicyclic amines) is 1. The lowest BCUT2D eigenvalue weighted by Gasteiger charge is -2.32. The summed E-state index contributed by atoms with van der Waals surface area (Å²) in [6.45, 7) is 9.26. The van der Waals surface area contributed by atoms with Gasteiger partial charge in [0.05, 0.1) is 0 Å². The minimum Gasteiger partial charge on any atom is -0.355 e. The fourth-order valence-electron chi connectivity index (χ4n) is 3.31. The number of benzene rings is 1. The SMILES string of the molecule is CNC(=O)c1ccc(C)c(NC(=O)N[C@H](C)CN2CCC[C@H](C)C2)c1. The molecule has 0 unspecified atom stereocenters. The zero-order chi connectivity index (χ0) is 18.4. The molecule has 0 aliphatic carbocycles. The molecule has 3 amide bonds. The van der Waals surface area contributed by atoms with Gasteiger partial charge >= 0.3 is 6.03 Å². The van der Waals surface area contributed by atoms with E-state index in [4.69, 9.17) is 0 Å². The number of anilines is 1. The number of piperidine rings is 1. The van der Waals surface area contributed by atoms with Crippen LogP contribution < -0.4 is 16.0 Å². The number of aryl methyl sites for hydroxylation is 1. The van der Waals surface area contributed by atoms with Gasteiger partial charge in [-0.05, 0) is 56.8 Å². The third kappa shape index (κ3) is 5.74. The summed E-state index contributed by atoms with van der Waals surface area (Å²) < 4.78 is 0. The van der Waals surface area contributed by atoms with Crippen LogP contribution in [0.15, 0.2) is 18.2 Å². The zero-order valence-corrected chi connectivity index (χ0v) is 15.7. The van der Waals surface area contributed by atoms with E-state index in [-0.39, 0.29) is 18.0 Å². The van der Waals surface area contributed by atoms with E-state index >= 15 is 0 Å². The molecule has 25 heavy (non-hydrogen) atoms. The Morgan fingerprint density at radius 2 is 2.12 bits per heavy atom. The van der Waals surface area contributed by atoms with Gasteiger partial charge in [0.2, 0.25) is 0 Å². The normalized spacial score (nSPS) is 19.1. The maximum absolute atomic E-state index is 12.3. The van der Waals surface area contributed by atoms with Crippen LogP contribution in [0.4, 0.5) is 10.5 Å². The van der Waals surface area contributed by atoms with Crippen LogP contribution in [0.3, 0.4) is 0 Å². The van der Waals surface area contributed by atoms with Crippen LogP contribution in [0.2, 0.25) is 0 Å². The Morgan fingerprint density at radius 3 is 2.80 bits per heavy atom. The first kappa shape index (κ1) is 19.2. The summed E-state index contributed by atoms with van der Waals surface area (Å²) >= 11 is 0. The van der Waals surface area contributed by atoms with Crippen molar-refractivity contribution in [2.75, 3.05) is 32.0 Å². The van der Waals surface area contributed by atoms with Crippen LogP contribution in [0, 0.1) is 12.8 Å². The van der Waals surface area contributed by atoms with Crippen molar-refractivity contribution in [3.05, 3.63) is 29.3 Å². The molecule has 138 valence electrons. The second-order valence-electron chi connectivity index (χ2n) is 7.12. The first-order valence-electron chi connectivity index (χ1n) is 9.01. The molecule has 6 nitrogen and oxygen atoms in total. The summed E-state index contributed by atoms with van der Waals surface area (Å²) in [6.07, 6.45) is 2.52. The second kappa shape index (κ2) is 8.85. The smallest absolute Gasteiger partial charge is 0.319 e. The number of urea groups is 1. The number of carbonyl (C=O) groups excluding carboxylic acids is 2. The van der Waals surface area contributed by atoms with Crippen LogP contribution in [-0.4, -0.2) is 49.6 Å². The van der Waals surface area contributed by atoms with Gasteiger partial charge in [-0.2, -0.15) is 0 Å². The summed E-state index contributed by atoms with van der Waals surface area (Å²) in [4.78, 5) is 26.4. The predicted molar refractivity (Wildman–Crippen MR) is 101 cm³/mol. The number of carbonyl (C=O) groups is 2. The highest BCUT2D eigenvalue weighted by atomic mass is 16.2. The Hall–Kier alpha value is -2.08. The molecule has 0 saturated carbocycles. The van der Waals surface area contributed by atoms with Crippen molar-refractivity contribution in [2.45, 2.75) is 39.7 Å². The van der Waals surface area contributed by atoms with Gasteiger partial charge in [-0.3, -0.25) is 4.79 Å². The predicted octanol–water partition coefficient (Wildman–Crippen LogP) is 2.60. The van der Waals surface area contributed by atoms with E-state index in [1.165, 1.54) is 12.8 Å². The first-order chi connectivity index (χ1) is 11.9. The Bertz CT molecular complexity index is 617. The van der Waals surface area contributed by atoms with E-state index in [0.29, 0.717) is 11.3 Å². The summed E-state index contributed by atoms with van der Waals surface area (Å²) in [7, 11) is 1.59. The molecule has 1 aliphatic heterocycles. The van der Waals surface area contributed by atoms with Gasteiger partial charge in [0.25, 0.3) is 5.91 Å². The molecular formula is C19H30N4O2. The highest BCUT2D eigenvalue weighted by molar-refractivity contribution is 5.97. The lowest BCUT2D eigenvalue weighted by molar-refractivity contribution is 0.0963. The number of hydrogen-bond donors (Lipinski definition) is 3. The fourth-order valence-corrected chi connectivity index (χ4v) is 3.31. The van der Waals surface area contributed by atoms with Crippen molar-refractivity contribution in [3.63, 3.8) is 0 Å². The molecule has 1 aromatic carbocycles. The van der Waals surface area contributed by atoms with Crippen LogP contribution in [-0.2, 0) is 0 Å². The number of rotatable bonds is 5. The van der Waals surface area contributed by atoms with Crippen molar-refractivity contribution in [1.82, 2.24) is 15.5 Å². The Morgan fingerprint density at radius 1 is 1.36 bits per heavy atom. The second-order valence-corrected chi connectivity index (χ2v) is 7.12. The van der Waals surface area contributed by atoms with E-state index in [2.05, 4.69) is 27.8 Å². The van der Waals surface area contributed by atoms with Crippen LogP contribution in [0.5, 0.6) is 0 Å². The molecule has 0 spiro atoms. The van der Waals surface area contributed by atoms with E-state index in [9.17, 15) is 9.59 Å². The molecular weight excluding hydrogens is 316 g/mol. The molecule has 1 saturated heterocycles. The van der Waals surface area contributed by atoms with Crippen LogP contribution >= 0.6 is 0 Å². The fraction of sp³-hybridized carbons (Fsp3) is 0.579. The van der Waals surface area contributed by atoms with Gasteiger partial charge < -0.3 is 20.9 Å². The minimum atomic E-state index is -0.241. The third-order valence-electron chi connectivity index (χ3n) is 4.63. The van der Waals surface area contributed by atoms with E-state index in [1.54, 1.807) is 19.2 Å². The third-order valence-corrected chi connectivity index (χ3v) is 4.63. The summed E-state index contributed by atoms with van der Waals surface area (Å²) in [5, 5.41) is 8.44. The largest absolute Gasteiger partial charge is 0.355 e. The van der Waals surface area contributed by atoms with Gasteiger partial charge in [-0.25, -0.2) is 4.79 Å². The molecule has 1 heterocycles. The molecule has 0 bridgehead atoms. The van der Waals surface area contributed by atoms with Gasteiger partial charge in [0.15, 0.2) is 0 Å². The minimum absolute atomic E-state index is 0.0627. The molecule has 0 radical (unpaired) electrons. The van der Waals surface area contributed by atoms with Gasteiger partial charge in [0.1, 0.15) is 0 Å². The van der Waals surface area contributed by atoms with Crippen LogP contribution in [0.25, 0.3) is 0 Å². The summed E-state index contributed by atoms with van der Waals surface area (Å²) in [6, 6.07) is 5.10. The van der Waals surface area contributed by atoms with Crippen molar-refractivity contribution in [2.24, 2.45) is 5.92 Å². The van der Waals surface area contributed by atoms with Crippen molar-refractivity contribution in [1.29, 1.82) is 0 Å². The quantitative estimate of drug-likeness (QED) is 0.767. The molecule has 0 aromatic heterocycles. The molecule has 1 fully saturated rings. The number of hydrogen-bond acceptors (Lipinski definition) is 3. The zero-order valence-electron chi connectivity index (χ0n) is 15.7. The van der Waals surface area contributed by atoms with Crippen molar-refractivity contribution in [3.8, 4) is 0 Å². The average molecular weight is 346 g/mol. The molecule has 1 aliphatic rings. The number of nitrogens with zero attached hydrogens (tertiary/aromatic N) is 1. The average Bonchev–Trinajstić information content (AvgIpc) is 2.55. The van der Waals surface area contributed by atoms with Crippen molar-refractivity contribution < 1.29 is 9.59 Å². The molecule has 2 atom stereocenters. The maximum atomic E-state index is 12.3.